The summed E-state index contributed by atoms with van der Waals surface area (Å²) in [4.78, 5) is 0. The second-order valence-electron chi connectivity index (χ2n) is 9.77. The molecule has 0 aliphatic rings. The van der Waals surface area contributed by atoms with E-state index in [1.807, 2.05) is 0 Å². The average Bonchev–Trinajstić information content (AvgIpc) is 3.56. The topological polar surface area (TPSA) is 0 Å². The van der Waals surface area contributed by atoms with Gasteiger partial charge in [-0.15, -0.1) is 68.6 Å². The molecule has 0 radical (unpaired) electrons. The third-order valence-corrected chi connectivity index (χ3v) is 6.86. The Morgan fingerprint density at radius 1 is 0.615 bits per heavy atom. The van der Waals surface area contributed by atoms with Gasteiger partial charge in [-0.1, -0.05) is 112 Å². The molecule has 0 aliphatic heterocycles. The van der Waals surface area contributed by atoms with Gasteiger partial charge in [0.1, 0.15) is 0 Å². The second kappa shape index (κ2) is 14.9. The molecule has 0 spiro atoms. The Balaban J connectivity index is 0.000000246. The number of benzene rings is 4. The van der Waals surface area contributed by atoms with Crippen LogP contribution in [0.25, 0.3) is 43.8 Å². The standard InChI is InChI=1S/C18H17.C17H15.2CH3.CH2.Zr/c1-13(2)16-11-15-9-6-10-17(18(15)12-16)14-7-4-3-5-8-14;1-12-10-16-13(2)8-9-15(17(16)11-12)14-6-4-3-5-7-14;;;;/h3-13H,1-2H3;3-11H,1-2H3;2*1H3;1H2;/q4*-1;;. The Morgan fingerprint density at radius 3 is 1.74 bits per heavy atom. The van der Waals surface area contributed by atoms with Crippen LogP contribution in [0, 0.1) is 28.7 Å². The normalized spacial score (nSPS) is 10.1. The van der Waals surface area contributed by atoms with E-state index in [0.29, 0.717) is 5.92 Å². The summed E-state index contributed by atoms with van der Waals surface area (Å²) in [6, 6.07) is 41.4. The van der Waals surface area contributed by atoms with Crippen molar-refractivity contribution in [3.8, 4) is 22.3 Å². The van der Waals surface area contributed by atoms with Crippen molar-refractivity contribution in [2.75, 3.05) is 0 Å². The monoisotopic (exact) mass is 586 g/mol. The van der Waals surface area contributed by atoms with Gasteiger partial charge < -0.3 is 14.9 Å². The molecule has 1 heteroatoms. The van der Waals surface area contributed by atoms with Crippen LogP contribution < -0.4 is 0 Å². The van der Waals surface area contributed by atoms with E-state index >= 15 is 0 Å². The largest absolute Gasteiger partial charge is 0.358 e. The minimum absolute atomic E-state index is 0. The summed E-state index contributed by atoms with van der Waals surface area (Å²) in [5.74, 6) is 0.584. The molecule has 6 rings (SSSR count). The molecule has 0 bridgehead atoms. The first-order valence-electron chi connectivity index (χ1n) is 12.8. The van der Waals surface area contributed by atoms with E-state index in [1.165, 1.54) is 84.7 Å². The van der Waals surface area contributed by atoms with E-state index in [2.05, 4.69) is 147 Å². The maximum atomic E-state index is 3.34. The molecule has 6 aromatic carbocycles. The van der Waals surface area contributed by atoms with Crippen LogP contribution in [0.15, 0.2) is 115 Å². The molecule has 6 aromatic rings. The summed E-state index contributed by atoms with van der Waals surface area (Å²) in [6.07, 6.45) is 0. The summed E-state index contributed by atoms with van der Waals surface area (Å²) in [5, 5.41) is 5.46. The van der Waals surface area contributed by atoms with E-state index in [-0.39, 0.29) is 14.9 Å². The summed E-state index contributed by atoms with van der Waals surface area (Å²) in [6.45, 7) is 8.83. The van der Waals surface area contributed by atoms with Gasteiger partial charge in [0.15, 0.2) is 0 Å². The minimum Gasteiger partial charge on any atom is -0.358 e. The van der Waals surface area contributed by atoms with Crippen molar-refractivity contribution in [1.82, 2.24) is 0 Å². The van der Waals surface area contributed by atoms with Crippen LogP contribution in [0.3, 0.4) is 0 Å². The van der Waals surface area contributed by atoms with Crippen LogP contribution in [0.5, 0.6) is 0 Å². The molecule has 0 saturated heterocycles. The number of fused-ring (bicyclic) bond motifs is 2. The van der Waals surface area contributed by atoms with Crippen LogP contribution >= 0.6 is 0 Å². The van der Waals surface area contributed by atoms with Crippen LogP contribution in [0.4, 0.5) is 0 Å². The van der Waals surface area contributed by atoms with Gasteiger partial charge in [-0.3, -0.25) is 0 Å². The van der Waals surface area contributed by atoms with E-state index < -0.39 is 0 Å². The summed E-state index contributed by atoms with van der Waals surface area (Å²) in [5.41, 5.74) is 9.37. The summed E-state index contributed by atoms with van der Waals surface area (Å²) in [7, 11) is 0. The maximum Gasteiger partial charge on any atom is -0.358 e. The summed E-state index contributed by atoms with van der Waals surface area (Å²) >= 11 is 1.30. The molecule has 0 unspecified atom stereocenters. The van der Waals surface area contributed by atoms with Gasteiger partial charge in [-0.2, -0.15) is 12.1 Å². The van der Waals surface area contributed by atoms with Gasteiger partial charge in [-0.25, -0.2) is 0 Å². The molecule has 200 valence electrons. The van der Waals surface area contributed by atoms with E-state index in [1.54, 1.807) is 0 Å². The van der Waals surface area contributed by atoms with Crippen molar-refractivity contribution in [3.05, 3.63) is 147 Å². The molecule has 0 aromatic heterocycles. The first-order valence-corrected chi connectivity index (χ1v) is 14.6. The van der Waals surface area contributed by atoms with Crippen molar-refractivity contribution >= 4 is 25.8 Å². The molecular formula is C38H40Zr-4. The molecule has 0 atom stereocenters. The summed E-state index contributed by atoms with van der Waals surface area (Å²) < 4.78 is 3.34. The molecule has 0 fully saturated rings. The zero-order chi connectivity index (χ0) is 26.4. The zero-order valence-corrected chi connectivity index (χ0v) is 26.7. The van der Waals surface area contributed by atoms with Gasteiger partial charge in [-0.05, 0) is 17.0 Å². The Bertz CT molecular complexity index is 1580. The Kier molecular flexibility index (Phi) is 12.2. The Labute approximate surface area is 251 Å². The molecule has 0 heterocycles. The average molecular weight is 588 g/mol. The number of rotatable bonds is 3. The van der Waals surface area contributed by atoms with E-state index in [9.17, 15) is 0 Å². The molecule has 0 saturated carbocycles. The van der Waals surface area contributed by atoms with E-state index in [4.69, 9.17) is 0 Å². The van der Waals surface area contributed by atoms with Gasteiger partial charge in [0.25, 0.3) is 0 Å². The van der Waals surface area contributed by atoms with E-state index in [0.717, 1.165) is 0 Å². The Morgan fingerprint density at radius 2 is 1.18 bits per heavy atom. The van der Waals surface area contributed by atoms with Gasteiger partial charge >= 0.3 is 28.4 Å². The van der Waals surface area contributed by atoms with Crippen LogP contribution in [0.1, 0.15) is 36.5 Å². The van der Waals surface area contributed by atoms with Crippen molar-refractivity contribution in [2.24, 2.45) is 0 Å². The SMILES string of the molecule is CC(C)c1cc2c(-c3ccccc3)cccc2[cH-]1.Cc1cc2c(-c3ccccc3)ccc(C)c2[cH-]1.[CH2]=[Zr].[CH3-].[CH3-]. The number of hydrogen-bond donors (Lipinski definition) is 0. The van der Waals surface area contributed by atoms with Crippen LogP contribution in [0.2, 0.25) is 0 Å². The predicted molar refractivity (Wildman–Crippen MR) is 173 cm³/mol. The first kappa shape index (κ1) is 32.1. The van der Waals surface area contributed by atoms with Crippen molar-refractivity contribution in [2.45, 2.75) is 33.6 Å². The van der Waals surface area contributed by atoms with Crippen molar-refractivity contribution < 1.29 is 24.2 Å². The zero-order valence-electron chi connectivity index (χ0n) is 24.3. The first-order chi connectivity index (χ1) is 18.0. The fourth-order valence-electron chi connectivity index (χ4n) is 4.92. The molecule has 39 heavy (non-hydrogen) atoms. The second-order valence-corrected chi connectivity index (χ2v) is 9.77. The fourth-order valence-corrected chi connectivity index (χ4v) is 4.92. The number of aryl methyl sites for hydroxylation is 2. The van der Waals surface area contributed by atoms with Crippen LogP contribution in [-0.2, 0) is 24.2 Å². The molecular weight excluding hydrogens is 548 g/mol. The number of hydrogen-bond acceptors (Lipinski definition) is 0. The van der Waals surface area contributed by atoms with Gasteiger partial charge in [0.2, 0.25) is 0 Å². The smallest absolute Gasteiger partial charge is 0.358 e. The third-order valence-electron chi connectivity index (χ3n) is 6.86. The predicted octanol–water partition coefficient (Wildman–Crippen LogP) is 11.1. The molecule has 0 aliphatic carbocycles. The third kappa shape index (κ3) is 7.29. The fraction of sp³-hybridized carbons (Fsp3) is 0.132. The minimum atomic E-state index is 0. The maximum absolute atomic E-state index is 3.34. The van der Waals surface area contributed by atoms with Gasteiger partial charge in [0, 0.05) is 0 Å². The van der Waals surface area contributed by atoms with Crippen molar-refractivity contribution in [1.29, 1.82) is 0 Å². The van der Waals surface area contributed by atoms with Gasteiger partial charge in [0.05, 0.1) is 0 Å². The quantitative estimate of drug-likeness (QED) is 0.181. The Hall–Kier alpha value is -3.15. The van der Waals surface area contributed by atoms with Crippen molar-refractivity contribution in [3.63, 3.8) is 0 Å². The molecule has 0 amide bonds. The molecule has 0 nitrogen and oxygen atoms in total. The molecule has 0 N–H and O–H groups in total. The van der Waals surface area contributed by atoms with Crippen LogP contribution in [-0.4, -0.2) is 4.21 Å².